The van der Waals surface area contributed by atoms with Gasteiger partial charge in [0.1, 0.15) is 4.88 Å². The molecule has 0 aromatic carbocycles. The van der Waals surface area contributed by atoms with Gasteiger partial charge >= 0.3 is 0 Å². The standard InChI is InChI=1S/C15H21N5OS/c1-4-13-14(22-18-16-13)15(21)19-7-5-6-12(9-19)20-11(3)8-10(2)17-20/h8,12H,4-7,9H2,1-3H3/t12-/m0/s1. The van der Waals surface area contributed by atoms with Crippen LogP contribution in [0.15, 0.2) is 6.07 Å². The SMILES string of the molecule is CCc1nnsc1C(=O)N1CCC[C@H](n2nc(C)cc2C)C1. The quantitative estimate of drug-likeness (QED) is 0.871. The Kier molecular flexibility index (Phi) is 4.24. The Morgan fingerprint density at radius 3 is 2.95 bits per heavy atom. The number of aromatic nitrogens is 4. The molecular weight excluding hydrogens is 298 g/mol. The Morgan fingerprint density at radius 2 is 2.27 bits per heavy atom. The molecule has 2 aromatic heterocycles. The van der Waals surface area contributed by atoms with Crippen molar-refractivity contribution in [3.8, 4) is 0 Å². The van der Waals surface area contributed by atoms with Crippen LogP contribution in [0.25, 0.3) is 0 Å². The minimum atomic E-state index is 0.0677. The third-order valence-corrected chi connectivity index (χ3v) is 4.92. The van der Waals surface area contributed by atoms with Gasteiger partial charge in [-0.2, -0.15) is 5.10 Å². The first-order valence-corrected chi connectivity index (χ1v) is 8.50. The van der Waals surface area contributed by atoms with Gasteiger partial charge < -0.3 is 4.90 Å². The topological polar surface area (TPSA) is 63.9 Å². The molecule has 0 bridgehead atoms. The Balaban J connectivity index is 1.78. The first-order valence-electron chi connectivity index (χ1n) is 7.73. The third-order valence-electron chi connectivity index (χ3n) is 4.16. The Morgan fingerprint density at radius 1 is 1.45 bits per heavy atom. The monoisotopic (exact) mass is 319 g/mol. The maximum Gasteiger partial charge on any atom is 0.267 e. The van der Waals surface area contributed by atoms with Gasteiger partial charge in [-0.15, -0.1) is 5.10 Å². The molecule has 3 rings (SSSR count). The molecule has 1 aliphatic heterocycles. The van der Waals surface area contributed by atoms with Gasteiger partial charge in [-0.3, -0.25) is 9.48 Å². The fraction of sp³-hybridized carbons (Fsp3) is 0.600. The second-order valence-corrected chi connectivity index (χ2v) is 6.58. The molecule has 118 valence electrons. The van der Waals surface area contributed by atoms with E-state index >= 15 is 0 Å². The molecule has 1 fully saturated rings. The summed E-state index contributed by atoms with van der Waals surface area (Å²) >= 11 is 1.21. The van der Waals surface area contributed by atoms with Gasteiger partial charge in [0.15, 0.2) is 0 Å². The van der Waals surface area contributed by atoms with Gasteiger partial charge in [-0.1, -0.05) is 11.4 Å². The van der Waals surface area contributed by atoms with Crippen LogP contribution >= 0.6 is 11.5 Å². The van der Waals surface area contributed by atoms with E-state index in [0.29, 0.717) is 11.4 Å². The molecule has 0 spiro atoms. The summed E-state index contributed by atoms with van der Waals surface area (Å²) < 4.78 is 6.00. The molecule has 2 aromatic rings. The van der Waals surface area contributed by atoms with Crippen LogP contribution in [0.4, 0.5) is 0 Å². The van der Waals surface area contributed by atoms with Crippen LogP contribution in [0.5, 0.6) is 0 Å². The van der Waals surface area contributed by atoms with Gasteiger partial charge in [0, 0.05) is 18.8 Å². The van der Waals surface area contributed by atoms with Crippen molar-refractivity contribution in [2.24, 2.45) is 0 Å². The second-order valence-electron chi connectivity index (χ2n) is 5.82. The van der Waals surface area contributed by atoms with Crippen LogP contribution in [0.3, 0.4) is 0 Å². The lowest BCUT2D eigenvalue weighted by molar-refractivity contribution is 0.0675. The van der Waals surface area contributed by atoms with Crippen molar-refractivity contribution in [3.05, 3.63) is 28.0 Å². The number of carbonyl (C=O) groups excluding carboxylic acids is 1. The molecular formula is C15H21N5OS. The highest BCUT2D eigenvalue weighted by Crippen LogP contribution is 2.25. The average Bonchev–Trinajstić information content (AvgIpc) is 3.12. The molecule has 1 atom stereocenters. The minimum absolute atomic E-state index is 0.0677. The summed E-state index contributed by atoms with van der Waals surface area (Å²) in [6.07, 6.45) is 2.81. The van der Waals surface area contributed by atoms with Crippen molar-refractivity contribution in [2.45, 2.75) is 46.1 Å². The number of amides is 1. The minimum Gasteiger partial charge on any atom is -0.336 e. The molecule has 6 nitrogen and oxygen atoms in total. The van der Waals surface area contributed by atoms with Crippen molar-refractivity contribution in [1.29, 1.82) is 0 Å². The van der Waals surface area contributed by atoms with Gasteiger partial charge in [0.05, 0.1) is 17.4 Å². The smallest absolute Gasteiger partial charge is 0.267 e. The van der Waals surface area contributed by atoms with Gasteiger partial charge in [0.2, 0.25) is 0 Å². The predicted octanol–water partition coefficient (Wildman–Crippen LogP) is 2.39. The number of carbonyl (C=O) groups is 1. The molecule has 7 heteroatoms. The van der Waals surface area contributed by atoms with Gasteiger partial charge in [0.25, 0.3) is 5.91 Å². The van der Waals surface area contributed by atoms with Crippen molar-refractivity contribution in [1.82, 2.24) is 24.3 Å². The van der Waals surface area contributed by atoms with Gasteiger partial charge in [-0.25, -0.2) is 0 Å². The zero-order chi connectivity index (χ0) is 15.7. The van der Waals surface area contributed by atoms with Crippen LogP contribution in [-0.4, -0.2) is 43.3 Å². The summed E-state index contributed by atoms with van der Waals surface area (Å²) in [4.78, 5) is 15.4. The Bertz CT molecular complexity index is 677. The molecule has 0 N–H and O–H groups in total. The number of piperidine rings is 1. The normalized spacial score (nSPS) is 18.7. The zero-order valence-electron chi connectivity index (χ0n) is 13.2. The lowest BCUT2D eigenvalue weighted by Gasteiger charge is -2.33. The maximum atomic E-state index is 12.7. The van der Waals surface area contributed by atoms with Crippen LogP contribution < -0.4 is 0 Å². The van der Waals surface area contributed by atoms with Crippen LogP contribution in [0, 0.1) is 13.8 Å². The number of aryl methyl sites for hydroxylation is 3. The number of nitrogens with zero attached hydrogens (tertiary/aromatic N) is 5. The largest absolute Gasteiger partial charge is 0.336 e. The molecule has 0 radical (unpaired) electrons. The van der Waals surface area contributed by atoms with E-state index in [9.17, 15) is 4.79 Å². The number of likely N-dealkylation sites (tertiary alicyclic amines) is 1. The predicted molar refractivity (Wildman–Crippen MR) is 85.2 cm³/mol. The molecule has 0 aliphatic carbocycles. The zero-order valence-corrected chi connectivity index (χ0v) is 14.1. The maximum absolute atomic E-state index is 12.7. The summed E-state index contributed by atoms with van der Waals surface area (Å²) in [6, 6.07) is 2.35. The summed E-state index contributed by atoms with van der Waals surface area (Å²) in [5, 5.41) is 8.63. The number of hydrogen-bond acceptors (Lipinski definition) is 5. The van der Waals surface area contributed by atoms with Gasteiger partial charge in [-0.05, 0) is 50.7 Å². The molecule has 0 unspecified atom stereocenters. The molecule has 1 saturated heterocycles. The van der Waals surface area contributed by atoms with Crippen LogP contribution in [0.1, 0.15) is 52.6 Å². The highest BCUT2D eigenvalue weighted by molar-refractivity contribution is 7.08. The molecule has 1 aliphatic rings. The van der Waals surface area contributed by atoms with Crippen molar-refractivity contribution in [3.63, 3.8) is 0 Å². The van der Waals surface area contributed by atoms with E-state index in [2.05, 4.69) is 32.4 Å². The van der Waals surface area contributed by atoms with Crippen molar-refractivity contribution >= 4 is 17.4 Å². The third kappa shape index (κ3) is 2.77. The molecule has 22 heavy (non-hydrogen) atoms. The average molecular weight is 319 g/mol. The molecule has 3 heterocycles. The summed E-state index contributed by atoms with van der Waals surface area (Å²) in [6.45, 7) is 7.59. The lowest BCUT2D eigenvalue weighted by atomic mass is 10.1. The van der Waals surface area contributed by atoms with E-state index in [-0.39, 0.29) is 11.9 Å². The highest BCUT2D eigenvalue weighted by atomic mass is 32.1. The summed E-state index contributed by atoms with van der Waals surface area (Å²) in [7, 11) is 0. The Hall–Kier alpha value is -1.76. The number of hydrogen-bond donors (Lipinski definition) is 0. The first kappa shape index (κ1) is 15.1. The van der Waals surface area contributed by atoms with Crippen LogP contribution in [0.2, 0.25) is 0 Å². The number of rotatable bonds is 3. The van der Waals surface area contributed by atoms with E-state index in [1.54, 1.807) is 0 Å². The van der Waals surface area contributed by atoms with E-state index in [4.69, 9.17) is 0 Å². The fourth-order valence-electron chi connectivity index (χ4n) is 3.10. The summed E-state index contributed by atoms with van der Waals surface area (Å²) in [5.74, 6) is 0.0677. The van der Waals surface area contributed by atoms with E-state index in [0.717, 1.165) is 42.9 Å². The first-order chi connectivity index (χ1) is 10.6. The highest BCUT2D eigenvalue weighted by Gasteiger charge is 2.29. The molecule has 1 amide bonds. The lowest BCUT2D eigenvalue weighted by Crippen LogP contribution is -2.41. The van der Waals surface area contributed by atoms with Crippen LogP contribution in [-0.2, 0) is 6.42 Å². The van der Waals surface area contributed by atoms with Crippen molar-refractivity contribution in [2.75, 3.05) is 13.1 Å². The van der Waals surface area contributed by atoms with Crippen molar-refractivity contribution < 1.29 is 4.79 Å². The fourth-order valence-corrected chi connectivity index (χ4v) is 3.82. The molecule has 0 saturated carbocycles. The Labute approximate surface area is 134 Å². The van der Waals surface area contributed by atoms with E-state index in [1.807, 2.05) is 18.7 Å². The summed E-state index contributed by atoms with van der Waals surface area (Å²) in [5.41, 5.74) is 3.00. The second kappa shape index (κ2) is 6.16. The van der Waals surface area contributed by atoms with E-state index < -0.39 is 0 Å². The van der Waals surface area contributed by atoms with E-state index in [1.165, 1.54) is 11.5 Å².